The van der Waals surface area contributed by atoms with Gasteiger partial charge < -0.3 is 10.6 Å². The van der Waals surface area contributed by atoms with Gasteiger partial charge in [0.2, 0.25) is 5.91 Å². The molecule has 4 heteroatoms. The molecule has 0 bridgehead atoms. The van der Waals surface area contributed by atoms with Crippen molar-refractivity contribution in [3.63, 3.8) is 0 Å². The van der Waals surface area contributed by atoms with Gasteiger partial charge in [-0.15, -0.1) is 0 Å². The first-order valence-electron chi connectivity index (χ1n) is 7.88. The largest absolute Gasteiger partial charge is 0.354 e. The second-order valence-electron chi connectivity index (χ2n) is 5.95. The molecule has 1 aromatic rings. The van der Waals surface area contributed by atoms with E-state index in [9.17, 15) is 4.79 Å². The minimum Gasteiger partial charge on any atom is -0.354 e. The highest BCUT2D eigenvalue weighted by Crippen LogP contribution is 2.41. The molecule has 1 amide bonds. The fraction of sp³-hybridized carbons (Fsp3) is 0.588. The summed E-state index contributed by atoms with van der Waals surface area (Å²) >= 11 is 5.95. The van der Waals surface area contributed by atoms with Crippen molar-refractivity contribution < 1.29 is 4.79 Å². The summed E-state index contributed by atoms with van der Waals surface area (Å²) in [4.78, 5) is 11.8. The smallest absolute Gasteiger partial charge is 0.221 e. The van der Waals surface area contributed by atoms with Crippen LogP contribution in [-0.2, 0) is 4.79 Å². The van der Waals surface area contributed by atoms with E-state index in [0.717, 1.165) is 11.4 Å². The molecule has 1 aliphatic carbocycles. The molecule has 0 aliphatic heterocycles. The van der Waals surface area contributed by atoms with Gasteiger partial charge in [0.25, 0.3) is 0 Å². The average Bonchev–Trinajstić information content (AvgIpc) is 3.29. The van der Waals surface area contributed by atoms with Crippen molar-refractivity contribution in [1.29, 1.82) is 0 Å². The van der Waals surface area contributed by atoms with Gasteiger partial charge in [-0.2, -0.15) is 0 Å². The molecule has 0 heterocycles. The minimum atomic E-state index is 0.127. The van der Waals surface area contributed by atoms with Gasteiger partial charge in [0, 0.05) is 30.1 Å². The van der Waals surface area contributed by atoms with Crippen LogP contribution in [0.15, 0.2) is 24.3 Å². The summed E-state index contributed by atoms with van der Waals surface area (Å²) in [6.07, 6.45) is 4.02. The van der Waals surface area contributed by atoms with Crippen molar-refractivity contribution in [3.8, 4) is 0 Å². The van der Waals surface area contributed by atoms with Crippen LogP contribution >= 0.6 is 11.6 Å². The van der Waals surface area contributed by atoms with E-state index >= 15 is 0 Å². The first-order chi connectivity index (χ1) is 10.1. The molecule has 2 unspecified atom stereocenters. The third-order valence-electron chi connectivity index (χ3n) is 4.06. The Morgan fingerprint density at radius 1 is 1.33 bits per heavy atom. The summed E-state index contributed by atoms with van der Waals surface area (Å²) in [6, 6.07) is 8.63. The van der Waals surface area contributed by atoms with Crippen molar-refractivity contribution in [3.05, 3.63) is 34.9 Å². The molecule has 2 atom stereocenters. The van der Waals surface area contributed by atoms with E-state index in [2.05, 4.69) is 29.7 Å². The Morgan fingerprint density at radius 3 is 2.57 bits per heavy atom. The maximum absolute atomic E-state index is 11.8. The Kier molecular flexibility index (Phi) is 6.07. The Bertz CT molecular complexity index is 456. The molecule has 0 spiro atoms. The summed E-state index contributed by atoms with van der Waals surface area (Å²) in [5, 5.41) is 7.30. The van der Waals surface area contributed by atoms with Gasteiger partial charge in [0.05, 0.1) is 0 Å². The van der Waals surface area contributed by atoms with Crippen LogP contribution in [0.1, 0.15) is 51.1 Å². The van der Waals surface area contributed by atoms with Crippen LogP contribution in [0.5, 0.6) is 0 Å². The van der Waals surface area contributed by atoms with Crippen LogP contribution in [0.25, 0.3) is 0 Å². The molecule has 1 aliphatic rings. The molecule has 3 nitrogen and oxygen atoms in total. The molecule has 21 heavy (non-hydrogen) atoms. The number of benzene rings is 1. The molecule has 2 N–H and O–H groups in total. The van der Waals surface area contributed by atoms with Crippen LogP contribution in [0, 0.1) is 5.92 Å². The highest BCUT2D eigenvalue weighted by Gasteiger charge is 2.31. The van der Waals surface area contributed by atoms with Crippen molar-refractivity contribution in [1.82, 2.24) is 10.6 Å². The standard InChI is InChI=1S/C17H25ClN2O/c1-3-12(2)20-16(21)10-11-19-17(13-4-5-13)14-6-8-15(18)9-7-14/h6-9,12-13,17,19H,3-5,10-11H2,1-2H3,(H,20,21). The maximum Gasteiger partial charge on any atom is 0.221 e. The molecule has 0 aromatic heterocycles. The number of hydrogen-bond donors (Lipinski definition) is 2. The second-order valence-corrected chi connectivity index (χ2v) is 6.38. The number of hydrogen-bond acceptors (Lipinski definition) is 2. The van der Waals surface area contributed by atoms with Crippen molar-refractivity contribution in [2.75, 3.05) is 6.54 Å². The summed E-state index contributed by atoms with van der Waals surface area (Å²) in [7, 11) is 0. The predicted octanol–water partition coefficient (Wildman–Crippen LogP) is 3.69. The highest BCUT2D eigenvalue weighted by molar-refractivity contribution is 6.30. The van der Waals surface area contributed by atoms with Crippen LogP contribution in [-0.4, -0.2) is 18.5 Å². The average molecular weight is 309 g/mol. The van der Waals surface area contributed by atoms with Crippen LogP contribution in [0.2, 0.25) is 5.02 Å². The lowest BCUT2D eigenvalue weighted by Crippen LogP contribution is -2.35. The Labute approximate surface area is 132 Å². The van der Waals surface area contributed by atoms with Gasteiger partial charge in [-0.1, -0.05) is 30.7 Å². The topological polar surface area (TPSA) is 41.1 Å². The normalized spacial score (nSPS) is 17.3. The lowest BCUT2D eigenvalue weighted by atomic mass is 10.0. The van der Waals surface area contributed by atoms with Crippen LogP contribution in [0.4, 0.5) is 0 Å². The molecule has 1 saturated carbocycles. The minimum absolute atomic E-state index is 0.127. The Balaban J connectivity index is 1.81. The molecule has 1 aromatic carbocycles. The summed E-state index contributed by atoms with van der Waals surface area (Å²) in [6.45, 7) is 4.82. The number of carbonyl (C=O) groups excluding carboxylic acids is 1. The molecular formula is C17H25ClN2O. The van der Waals surface area contributed by atoms with E-state index < -0.39 is 0 Å². The fourth-order valence-corrected chi connectivity index (χ4v) is 2.57. The zero-order valence-electron chi connectivity index (χ0n) is 12.9. The van der Waals surface area contributed by atoms with E-state index in [1.54, 1.807) is 0 Å². The summed E-state index contributed by atoms with van der Waals surface area (Å²) in [5.41, 5.74) is 1.27. The summed E-state index contributed by atoms with van der Waals surface area (Å²) < 4.78 is 0. The maximum atomic E-state index is 11.8. The van der Waals surface area contributed by atoms with Gasteiger partial charge in [-0.3, -0.25) is 4.79 Å². The predicted molar refractivity (Wildman–Crippen MR) is 87.4 cm³/mol. The monoisotopic (exact) mass is 308 g/mol. The number of nitrogens with one attached hydrogen (secondary N) is 2. The highest BCUT2D eigenvalue weighted by atomic mass is 35.5. The SMILES string of the molecule is CCC(C)NC(=O)CCNC(c1ccc(Cl)cc1)C1CC1. The molecule has 1 fully saturated rings. The van der Waals surface area contributed by atoms with Gasteiger partial charge >= 0.3 is 0 Å². The molecule has 2 rings (SSSR count). The van der Waals surface area contributed by atoms with Crippen LogP contribution < -0.4 is 10.6 Å². The van der Waals surface area contributed by atoms with Crippen LogP contribution in [0.3, 0.4) is 0 Å². The number of carbonyl (C=O) groups is 1. The van der Waals surface area contributed by atoms with Crippen molar-refractivity contribution in [2.24, 2.45) is 5.92 Å². The first kappa shape index (κ1) is 16.3. The zero-order chi connectivity index (χ0) is 15.2. The first-order valence-corrected chi connectivity index (χ1v) is 8.26. The van der Waals surface area contributed by atoms with E-state index in [1.807, 2.05) is 19.1 Å². The summed E-state index contributed by atoms with van der Waals surface area (Å²) in [5.74, 6) is 0.825. The lowest BCUT2D eigenvalue weighted by Gasteiger charge is -2.19. The third-order valence-corrected chi connectivity index (χ3v) is 4.31. The van der Waals surface area contributed by atoms with E-state index in [-0.39, 0.29) is 11.9 Å². The van der Waals surface area contributed by atoms with Gasteiger partial charge in [-0.25, -0.2) is 0 Å². The van der Waals surface area contributed by atoms with Crippen molar-refractivity contribution >= 4 is 17.5 Å². The lowest BCUT2D eigenvalue weighted by molar-refractivity contribution is -0.121. The molecule has 0 radical (unpaired) electrons. The third kappa shape index (κ3) is 5.33. The van der Waals surface area contributed by atoms with Gasteiger partial charge in [0.1, 0.15) is 0 Å². The fourth-order valence-electron chi connectivity index (χ4n) is 2.45. The number of rotatable bonds is 8. The molecular weight excluding hydrogens is 284 g/mol. The van der Waals surface area contributed by atoms with E-state index in [4.69, 9.17) is 11.6 Å². The van der Waals surface area contributed by atoms with E-state index in [0.29, 0.717) is 24.9 Å². The Morgan fingerprint density at radius 2 is 2.00 bits per heavy atom. The second kappa shape index (κ2) is 7.81. The Hall–Kier alpha value is -1.06. The molecule has 116 valence electrons. The van der Waals surface area contributed by atoms with Gasteiger partial charge in [-0.05, 0) is 49.8 Å². The van der Waals surface area contributed by atoms with E-state index in [1.165, 1.54) is 18.4 Å². The van der Waals surface area contributed by atoms with Crippen molar-refractivity contribution in [2.45, 2.75) is 51.6 Å². The number of halogens is 1. The zero-order valence-corrected chi connectivity index (χ0v) is 13.6. The quantitative estimate of drug-likeness (QED) is 0.769. The van der Waals surface area contributed by atoms with Gasteiger partial charge in [0.15, 0.2) is 0 Å². The number of amides is 1. The molecule has 0 saturated heterocycles.